The van der Waals surface area contributed by atoms with Crippen molar-refractivity contribution in [2.45, 2.75) is 45.3 Å². The second-order valence-corrected chi connectivity index (χ2v) is 8.56. The molecule has 33 heavy (non-hydrogen) atoms. The van der Waals surface area contributed by atoms with Crippen LogP contribution in [0.1, 0.15) is 30.0 Å². The molecule has 0 radical (unpaired) electrons. The molecule has 5 heteroatoms. The Morgan fingerprint density at radius 3 is 2.58 bits per heavy atom. The van der Waals surface area contributed by atoms with E-state index in [9.17, 15) is 4.79 Å². The number of aryl methyl sites for hydroxylation is 2. The molecule has 0 spiro atoms. The van der Waals surface area contributed by atoms with Crippen LogP contribution >= 0.6 is 0 Å². The van der Waals surface area contributed by atoms with E-state index in [1.165, 1.54) is 18.2 Å². The van der Waals surface area contributed by atoms with Crippen LogP contribution in [0.3, 0.4) is 0 Å². The summed E-state index contributed by atoms with van der Waals surface area (Å²) in [6.45, 7) is 2.93. The zero-order chi connectivity index (χ0) is 22.8. The van der Waals surface area contributed by atoms with E-state index >= 15 is 0 Å². The van der Waals surface area contributed by atoms with Gasteiger partial charge in [-0.2, -0.15) is 5.10 Å². The highest BCUT2D eigenvalue weighted by molar-refractivity contribution is 5.86. The van der Waals surface area contributed by atoms with Crippen molar-refractivity contribution in [3.05, 3.63) is 83.6 Å². The first-order valence-corrected chi connectivity index (χ1v) is 11.5. The second-order valence-electron chi connectivity index (χ2n) is 8.56. The van der Waals surface area contributed by atoms with Gasteiger partial charge in [-0.3, -0.25) is 9.48 Å². The van der Waals surface area contributed by atoms with Gasteiger partial charge in [0.2, 0.25) is 0 Å². The van der Waals surface area contributed by atoms with Crippen LogP contribution in [0.15, 0.2) is 66.9 Å². The number of esters is 1. The van der Waals surface area contributed by atoms with Gasteiger partial charge in [0.1, 0.15) is 11.9 Å². The average molecular weight is 441 g/mol. The number of ether oxygens (including phenoxy) is 2. The predicted molar refractivity (Wildman–Crippen MR) is 129 cm³/mol. The van der Waals surface area contributed by atoms with Gasteiger partial charge in [-0.15, -0.1) is 0 Å². The Morgan fingerprint density at radius 1 is 1.06 bits per heavy atom. The summed E-state index contributed by atoms with van der Waals surface area (Å²) in [5.74, 6) is 0.672. The number of rotatable bonds is 7. The van der Waals surface area contributed by atoms with Crippen LogP contribution in [-0.4, -0.2) is 29.0 Å². The summed E-state index contributed by atoms with van der Waals surface area (Å²) in [6, 6.07) is 21.2. The molecule has 168 valence electrons. The lowest BCUT2D eigenvalue weighted by Crippen LogP contribution is -2.16. The summed E-state index contributed by atoms with van der Waals surface area (Å²) in [7, 11) is 1.43. The summed E-state index contributed by atoms with van der Waals surface area (Å²) in [5, 5.41) is 5.59. The highest BCUT2D eigenvalue weighted by Gasteiger charge is 2.23. The fourth-order valence-electron chi connectivity index (χ4n) is 4.70. The first-order valence-electron chi connectivity index (χ1n) is 11.5. The minimum Gasteiger partial charge on any atom is -0.489 e. The quantitative estimate of drug-likeness (QED) is 0.362. The SMILES string of the molecule is CCn1ncc2cc(-c3cc(CCC(=O)OC)ccc3OC3Cc4ccccc4C3)ccc21. The van der Waals surface area contributed by atoms with Gasteiger partial charge in [0.25, 0.3) is 0 Å². The third-order valence-electron chi connectivity index (χ3n) is 6.45. The van der Waals surface area contributed by atoms with Crippen molar-refractivity contribution < 1.29 is 14.3 Å². The molecular weight excluding hydrogens is 412 g/mol. The minimum absolute atomic E-state index is 0.119. The third-order valence-corrected chi connectivity index (χ3v) is 6.45. The lowest BCUT2D eigenvalue weighted by atomic mass is 9.98. The molecule has 5 nitrogen and oxygen atoms in total. The van der Waals surface area contributed by atoms with Gasteiger partial charge in [0.15, 0.2) is 0 Å². The fraction of sp³-hybridized carbons (Fsp3) is 0.286. The van der Waals surface area contributed by atoms with Crippen LogP contribution in [0.5, 0.6) is 5.75 Å². The van der Waals surface area contributed by atoms with Crippen molar-refractivity contribution in [2.24, 2.45) is 0 Å². The number of benzene rings is 3. The maximum atomic E-state index is 11.7. The van der Waals surface area contributed by atoms with Crippen molar-refractivity contribution in [2.75, 3.05) is 7.11 Å². The number of carbonyl (C=O) groups is 1. The van der Waals surface area contributed by atoms with Gasteiger partial charge in [0, 0.05) is 36.8 Å². The normalized spacial score (nSPS) is 13.3. The van der Waals surface area contributed by atoms with Crippen LogP contribution < -0.4 is 4.74 Å². The van der Waals surface area contributed by atoms with E-state index in [-0.39, 0.29) is 12.1 Å². The van der Waals surface area contributed by atoms with E-state index in [0.717, 1.165) is 52.7 Å². The van der Waals surface area contributed by atoms with Gasteiger partial charge >= 0.3 is 5.97 Å². The molecule has 1 aromatic heterocycles. The molecule has 0 fully saturated rings. The van der Waals surface area contributed by atoms with E-state index in [1.54, 1.807) is 0 Å². The maximum Gasteiger partial charge on any atom is 0.305 e. The Balaban J connectivity index is 1.48. The number of aromatic nitrogens is 2. The molecule has 1 aliphatic carbocycles. The molecule has 5 rings (SSSR count). The number of hydrogen-bond acceptors (Lipinski definition) is 4. The topological polar surface area (TPSA) is 53.4 Å². The van der Waals surface area contributed by atoms with Crippen molar-refractivity contribution in [1.82, 2.24) is 9.78 Å². The van der Waals surface area contributed by atoms with E-state index in [2.05, 4.69) is 66.6 Å². The van der Waals surface area contributed by atoms with Crippen LogP contribution in [0, 0.1) is 0 Å². The zero-order valence-electron chi connectivity index (χ0n) is 19.1. The Hall–Kier alpha value is -3.60. The monoisotopic (exact) mass is 440 g/mol. The number of hydrogen-bond donors (Lipinski definition) is 0. The summed E-state index contributed by atoms with van der Waals surface area (Å²) in [6.07, 6.45) is 4.86. The molecular formula is C28H28N2O3. The van der Waals surface area contributed by atoms with E-state index in [4.69, 9.17) is 9.47 Å². The fourth-order valence-corrected chi connectivity index (χ4v) is 4.70. The van der Waals surface area contributed by atoms with Gasteiger partial charge in [-0.05, 0) is 59.9 Å². The average Bonchev–Trinajstić information content (AvgIpc) is 3.45. The van der Waals surface area contributed by atoms with Crippen molar-refractivity contribution in [1.29, 1.82) is 0 Å². The highest BCUT2D eigenvalue weighted by Crippen LogP contribution is 2.36. The number of nitrogens with zero attached hydrogens (tertiary/aromatic N) is 2. The number of carbonyl (C=O) groups excluding carboxylic acids is 1. The molecule has 0 saturated heterocycles. The largest absolute Gasteiger partial charge is 0.489 e. The van der Waals surface area contributed by atoms with Gasteiger partial charge < -0.3 is 9.47 Å². The minimum atomic E-state index is -0.200. The van der Waals surface area contributed by atoms with Crippen molar-refractivity contribution in [3.8, 4) is 16.9 Å². The van der Waals surface area contributed by atoms with Crippen LogP contribution in [0.4, 0.5) is 0 Å². The maximum absolute atomic E-state index is 11.7. The Kier molecular flexibility index (Phi) is 5.86. The Morgan fingerprint density at radius 2 is 1.85 bits per heavy atom. The molecule has 0 N–H and O–H groups in total. The standard InChI is InChI=1S/C28H28N2O3/c1-3-30-26-11-10-22(15-23(26)18-29-30)25-14-19(9-13-28(31)32-2)8-12-27(25)33-24-16-20-6-4-5-7-21(20)17-24/h4-8,10-12,14-15,18,24H,3,9,13,16-17H2,1-2H3. The zero-order valence-corrected chi connectivity index (χ0v) is 19.1. The third kappa shape index (κ3) is 4.36. The molecule has 0 bridgehead atoms. The van der Waals surface area contributed by atoms with E-state index < -0.39 is 0 Å². The number of methoxy groups -OCH3 is 1. The molecule has 0 aliphatic heterocycles. The summed E-state index contributed by atoms with van der Waals surface area (Å²) >= 11 is 0. The second kappa shape index (κ2) is 9.10. The van der Waals surface area contributed by atoms with Crippen LogP contribution in [0.25, 0.3) is 22.0 Å². The molecule has 0 saturated carbocycles. The summed E-state index contributed by atoms with van der Waals surface area (Å²) < 4.78 is 13.4. The molecule has 1 aliphatic rings. The summed E-state index contributed by atoms with van der Waals surface area (Å²) in [4.78, 5) is 11.7. The molecule has 1 heterocycles. The van der Waals surface area contributed by atoms with Gasteiger partial charge in [-0.25, -0.2) is 0 Å². The predicted octanol–water partition coefficient (Wildman–Crippen LogP) is 5.38. The van der Waals surface area contributed by atoms with Gasteiger partial charge in [0.05, 0.1) is 18.8 Å². The van der Waals surface area contributed by atoms with Crippen molar-refractivity contribution >= 4 is 16.9 Å². The molecule has 3 aromatic carbocycles. The van der Waals surface area contributed by atoms with Gasteiger partial charge in [-0.1, -0.05) is 36.4 Å². The Bertz CT molecular complexity index is 1280. The summed E-state index contributed by atoms with van der Waals surface area (Å²) in [5.41, 5.74) is 7.07. The lowest BCUT2D eigenvalue weighted by molar-refractivity contribution is -0.140. The van der Waals surface area contributed by atoms with Crippen LogP contribution in [-0.2, 0) is 35.3 Å². The highest BCUT2D eigenvalue weighted by atomic mass is 16.5. The smallest absolute Gasteiger partial charge is 0.305 e. The molecule has 0 amide bonds. The van der Waals surface area contributed by atoms with E-state index in [1.807, 2.05) is 16.9 Å². The van der Waals surface area contributed by atoms with Crippen LogP contribution in [0.2, 0.25) is 0 Å². The molecule has 4 aromatic rings. The lowest BCUT2D eigenvalue weighted by Gasteiger charge is -2.18. The first kappa shape index (κ1) is 21.3. The Labute approximate surface area is 194 Å². The van der Waals surface area contributed by atoms with E-state index in [0.29, 0.717) is 12.8 Å². The first-order chi connectivity index (χ1) is 16.1. The molecule has 0 atom stereocenters. The molecule has 0 unspecified atom stereocenters. The number of fused-ring (bicyclic) bond motifs is 2. The van der Waals surface area contributed by atoms with Crippen molar-refractivity contribution in [3.63, 3.8) is 0 Å².